The Bertz CT molecular complexity index is 1060. The van der Waals surface area contributed by atoms with E-state index >= 15 is 0 Å². The number of benzene rings is 1. The van der Waals surface area contributed by atoms with Gasteiger partial charge in [-0.15, -0.1) is 0 Å². The van der Waals surface area contributed by atoms with Crippen LogP contribution >= 0.6 is 0 Å². The predicted molar refractivity (Wildman–Crippen MR) is 93.5 cm³/mol. The molecule has 0 radical (unpaired) electrons. The molecule has 4 rings (SSSR count). The first kappa shape index (κ1) is 15.2. The van der Waals surface area contributed by atoms with Crippen LogP contribution in [-0.2, 0) is 7.05 Å². The van der Waals surface area contributed by atoms with Gasteiger partial charge in [0.1, 0.15) is 12.0 Å². The lowest BCUT2D eigenvalue weighted by Crippen LogP contribution is -2.29. The maximum atomic E-state index is 12.6. The number of hydrogen-bond donors (Lipinski definition) is 1. The Kier molecular flexibility index (Phi) is 3.42. The van der Waals surface area contributed by atoms with Crippen LogP contribution in [-0.4, -0.2) is 25.1 Å². The molecule has 0 aliphatic carbocycles. The molecule has 0 bridgehead atoms. The van der Waals surface area contributed by atoms with Gasteiger partial charge in [-0.25, -0.2) is 14.5 Å². The van der Waals surface area contributed by atoms with Crippen molar-refractivity contribution in [1.82, 2.24) is 19.2 Å². The minimum atomic E-state index is -0.186. The van der Waals surface area contributed by atoms with Crippen molar-refractivity contribution in [3.05, 3.63) is 60.1 Å². The fourth-order valence-corrected chi connectivity index (χ4v) is 3.03. The van der Waals surface area contributed by atoms with E-state index in [2.05, 4.69) is 15.3 Å². The molecule has 25 heavy (non-hydrogen) atoms. The average Bonchev–Trinajstić information content (AvgIpc) is 3.09. The van der Waals surface area contributed by atoms with Gasteiger partial charge in [0.05, 0.1) is 0 Å². The first-order valence-corrected chi connectivity index (χ1v) is 7.86. The Hall–Kier alpha value is -3.35. The monoisotopic (exact) mass is 335 g/mol. The predicted octanol–water partition coefficient (Wildman–Crippen LogP) is 3.20. The van der Waals surface area contributed by atoms with Crippen molar-refractivity contribution in [3.63, 3.8) is 0 Å². The van der Waals surface area contributed by atoms with E-state index in [1.165, 1.54) is 6.39 Å². The lowest BCUT2D eigenvalue weighted by atomic mass is 10.1. The van der Waals surface area contributed by atoms with Crippen LogP contribution in [0.25, 0.3) is 16.9 Å². The number of carbonyl (C=O) groups is 1. The van der Waals surface area contributed by atoms with Crippen molar-refractivity contribution in [2.75, 3.05) is 5.32 Å². The molecule has 7 heteroatoms. The number of hydrogen-bond acceptors (Lipinski definition) is 4. The van der Waals surface area contributed by atoms with Crippen LogP contribution in [0.3, 0.4) is 0 Å². The molecule has 4 aromatic rings. The number of nitrogens with one attached hydrogen (secondary N) is 1. The zero-order valence-electron chi connectivity index (χ0n) is 14.1. The zero-order valence-corrected chi connectivity index (χ0v) is 14.1. The van der Waals surface area contributed by atoms with Crippen molar-refractivity contribution >= 4 is 17.2 Å². The molecule has 0 fully saturated rings. The minimum Gasteiger partial charge on any atom is -0.451 e. The third-order valence-electron chi connectivity index (χ3n) is 4.16. The molecule has 0 atom stereocenters. The van der Waals surface area contributed by atoms with Crippen molar-refractivity contribution in [2.45, 2.75) is 13.8 Å². The van der Waals surface area contributed by atoms with E-state index in [1.54, 1.807) is 10.9 Å². The topological polar surface area (TPSA) is 77.4 Å². The molecular weight excluding hydrogens is 318 g/mol. The summed E-state index contributed by atoms with van der Waals surface area (Å²) in [4.78, 5) is 21.2. The maximum Gasteiger partial charge on any atom is 0.277 e. The fourth-order valence-electron chi connectivity index (χ4n) is 3.03. The second kappa shape index (κ2) is 5.62. The Morgan fingerprint density at radius 2 is 1.96 bits per heavy atom. The van der Waals surface area contributed by atoms with E-state index in [9.17, 15) is 4.79 Å². The summed E-state index contributed by atoms with van der Waals surface area (Å²) in [7, 11) is 1.85. The van der Waals surface area contributed by atoms with Gasteiger partial charge in [-0.3, -0.25) is 9.48 Å². The first-order valence-electron chi connectivity index (χ1n) is 7.86. The molecule has 0 spiro atoms. The zero-order chi connectivity index (χ0) is 17.6. The molecule has 1 amide bonds. The summed E-state index contributed by atoms with van der Waals surface area (Å²) in [6, 6.07) is 9.43. The van der Waals surface area contributed by atoms with Crippen molar-refractivity contribution in [2.24, 2.45) is 7.05 Å². The molecule has 1 aromatic carbocycles. The highest BCUT2D eigenvalue weighted by Crippen LogP contribution is 2.21. The van der Waals surface area contributed by atoms with Crippen LogP contribution in [0.2, 0.25) is 0 Å². The van der Waals surface area contributed by atoms with Gasteiger partial charge in [0.25, 0.3) is 5.91 Å². The van der Waals surface area contributed by atoms with E-state index in [0.717, 1.165) is 22.6 Å². The molecule has 1 N–H and O–H groups in total. The third kappa shape index (κ3) is 2.50. The van der Waals surface area contributed by atoms with Gasteiger partial charge < -0.3 is 9.73 Å². The van der Waals surface area contributed by atoms with Crippen LogP contribution in [0.5, 0.6) is 0 Å². The van der Waals surface area contributed by atoms with Gasteiger partial charge >= 0.3 is 0 Å². The van der Waals surface area contributed by atoms with Gasteiger partial charge in [-0.2, -0.15) is 0 Å². The fraction of sp³-hybridized carbons (Fsp3) is 0.167. The van der Waals surface area contributed by atoms with Gasteiger partial charge in [0, 0.05) is 29.7 Å². The van der Waals surface area contributed by atoms with Gasteiger partial charge in [0.15, 0.2) is 17.7 Å². The molecule has 0 saturated carbocycles. The molecule has 0 aliphatic heterocycles. The molecular formula is C18H17N5O2. The molecule has 3 aromatic heterocycles. The lowest BCUT2D eigenvalue weighted by molar-refractivity contribution is 0.101. The van der Waals surface area contributed by atoms with E-state index in [-0.39, 0.29) is 5.91 Å². The quantitative estimate of drug-likeness (QED) is 0.624. The van der Waals surface area contributed by atoms with E-state index in [1.807, 2.05) is 55.7 Å². The van der Waals surface area contributed by atoms with E-state index in [0.29, 0.717) is 17.0 Å². The normalized spacial score (nSPS) is 11.2. The molecule has 126 valence electrons. The van der Waals surface area contributed by atoms with Gasteiger partial charge in [0.2, 0.25) is 0 Å². The number of rotatable bonds is 3. The Labute approximate surface area is 143 Å². The number of aromatic nitrogens is 4. The van der Waals surface area contributed by atoms with Gasteiger partial charge in [-0.1, -0.05) is 12.1 Å². The standard InChI is InChI=1S/C18H17N5O2/c1-11-8-12(2)23-17(20-11)16(22(23)3)18(24)21-14-6-4-13(5-7-14)15-9-25-10-19-15/h4-10H,1-3H3,(H,21,24). The first-order chi connectivity index (χ1) is 12.0. The molecule has 0 unspecified atom stereocenters. The van der Waals surface area contributed by atoms with Crippen LogP contribution in [0.1, 0.15) is 21.9 Å². The molecule has 0 saturated heterocycles. The van der Waals surface area contributed by atoms with Crippen LogP contribution in [0.4, 0.5) is 5.69 Å². The Morgan fingerprint density at radius 1 is 1.20 bits per heavy atom. The van der Waals surface area contributed by atoms with Crippen LogP contribution < -0.4 is 5.32 Å². The number of aryl methyl sites for hydroxylation is 3. The highest BCUT2D eigenvalue weighted by molar-refractivity contribution is 6.07. The highest BCUT2D eigenvalue weighted by atomic mass is 16.3. The number of amides is 1. The number of oxazole rings is 1. The largest absolute Gasteiger partial charge is 0.451 e. The Balaban J connectivity index is 1.59. The summed E-state index contributed by atoms with van der Waals surface area (Å²) in [5.74, 6) is -0.186. The second-order valence-electron chi connectivity index (χ2n) is 5.95. The third-order valence-corrected chi connectivity index (χ3v) is 4.16. The number of carbonyl (C=O) groups excluding carboxylic acids is 1. The van der Waals surface area contributed by atoms with E-state index < -0.39 is 0 Å². The summed E-state index contributed by atoms with van der Waals surface area (Å²) in [5.41, 5.74) is 5.54. The Morgan fingerprint density at radius 3 is 2.64 bits per heavy atom. The summed E-state index contributed by atoms with van der Waals surface area (Å²) < 4.78 is 8.70. The molecule has 3 heterocycles. The summed E-state index contributed by atoms with van der Waals surface area (Å²) in [6.45, 7) is 3.91. The van der Waals surface area contributed by atoms with Crippen LogP contribution in [0.15, 0.2) is 47.4 Å². The lowest BCUT2D eigenvalue weighted by Gasteiger charge is -2.22. The van der Waals surface area contributed by atoms with Crippen LogP contribution in [0, 0.1) is 13.8 Å². The minimum absolute atomic E-state index is 0.186. The van der Waals surface area contributed by atoms with Gasteiger partial charge in [-0.05, 0) is 32.0 Å². The SMILES string of the molecule is Cc1cc(C)n2c(n1)c(C(=O)Nc1ccc(-c3cocn3)cc1)n2C. The number of fused-ring (bicyclic) bond motifs is 1. The maximum absolute atomic E-state index is 12.6. The van der Waals surface area contributed by atoms with Crippen molar-refractivity contribution in [3.8, 4) is 11.3 Å². The second-order valence-corrected chi connectivity index (χ2v) is 5.95. The number of anilines is 1. The summed E-state index contributed by atoms with van der Waals surface area (Å²) in [5, 5.41) is 2.91. The summed E-state index contributed by atoms with van der Waals surface area (Å²) in [6.07, 6.45) is 2.97. The van der Waals surface area contributed by atoms with Crippen molar-refractivity contribution < 1.29 is 9.21 Å². The molecule has 7 nitrogen and oxygen atoms in total. The van der Waals surface area contributed by atoms with Crippen molar-refractivity contribution in [1.29, 1.82) is 0 Å². The summed E-state index contributed by atoms with van der Waals surface area (Å²) >= 11 is 0. The molecule has 0 aliphatic rings. The average molecular weight is 335 g/mol. The smallest absolute Gasteiger partial charge is 0.277 e. The highest BCUT2D eigenvalue weighted by Gasteiger charge is 2.22. The van der Waals surface area contributed by atoms with E-state index in [4.69, 9.17) is 4.42 Å². The number of nitrogens with zero attached hydrogens (tertiary/aromatic N) is 4.